The number of fused-ring (bicyclic) bond motifs is 1. The van der Waals surface area contributed by atoms with Crippen LogP contribution in [0.3, 0.4) is 0 Å². The molecule has 1 atom stereocenters. The number of hydrogen-bond donors (Lipinski definition) is 1. The molecule has 0 saturated carbocycles. The van der Waals surface area contributed by atoms with Crippen molar-refractivity contribution < 1.29 is 22.7 Å². The Morgan fingerprint density at radius 3 is 2.82 bits per heavy atom. The predicted octanol–water partition coefficient (Wildman–Crippen LogP) is 2.71. The van der Waals surface area contributed by atoms with Gasteiger partial charge < -0.3 is 14.8 Å². The second-order valence-corrected chi connectivity index (χ2v) is 9.56. The molecule has 9 heteroatoms. The lowest BCUT2D eigenvalue weighted by molar-refractivity contribution is -0.125. The number of hydrogen-bond acceptors (Lipinski definition) is 5. The van der Waals surface area contributed by atoms with Gasteiger partial charge in [-0.2, -0.15) is 4.31 Å². The molecule has 0 bridgehead atoms. The molecule has 0 spiro atoms. The zero-order valence-electron chi connectivity index (χ0n) is 16.1. The molecule has 1 fully saturated rings. The van der Waals surface area contributed by atoms with Crippen molar-refractivity contribution in [1.82, 2.24) is 9.62 Å². The fourth-order valence-electron chi connectivity index (χ4n) is 3.57. The number of benzene rings is 1. The quantitative estimate of drug-likeness (QED) is 0.750. The number of rotatable bonds is 6. The van der Waals surface area contributed by atoms with Gasteiger partial charge in [0.05, 0.1) is 24.0 Å². The van der Waals surface area contributed by atoms with Crippen molar-refractivity contribution in [2.75, 3.05) is 25.5 Å². The Bertz CT molecular complexity index is 815. The Labute approximate surface area is 171 Å². The van der Waals surface area contributed by atoms with Crippen LogP contribution in [-0.4, -0.2) is 50.2 Å². The highest BCUT2D eigenvalue weighted by Crippen LogP contribution is 2.38. The highest BCUT2D eigenvalue weighted by atomic mass is 35.5. The molecular formula is C19H27ClN2O5S. The van der Waals surface area contributed by atoms with E-state index in [4.69, 9.17) is 21.1 Å². The van der Waals surface area contributed by atoms with Gasteiger partial charge in [-0.3, -0.25) is 4.79 Å². The predicted molar refractivity (Wildman–Crippen MR) is 107 cm³/mol. The van der Waals surface area contributed by atoms with E-state index in [2.05, 4.69) is 5.32 Å². The summed E-state index contributed by atoms with van der Waals surface area (Å²) in [5.41, 5.74) is 0.779. The molecule has 2 aliphatic rings. The van der Waals surface area contributed by atoms with E-state index in [1.54, 1.807) is 12.1 Å². The summed E-state index contributed by atoms with van der Waals surface area (Å²) in [4.78, 5) is 12.8. The van der Waals surface area contributed by atoms with E-state index >= 15 is 0 Å². The lowest BCUT2D eigenvalue weighted by atomic mass is 10.0. The van der Waals surface area contributed by atoms with Gasteiger partial charge in [0.1, 0.15) is 6.04 Å². The van der Waals surface area contributed by atoms with Crippen LogP contribution in [0.15, 0.2) is 12.1 Å². The fraction of sp³-hybridized carbons (Fsp3) is 0.632. The summed E-state index contributed by atoms with van der Waals surface area (Å²) >= 11 is 6.30. The molecule has 2 heterocycles. The summed E-state index contributed by atoms with van der Waals surface area (Å²) in [6, 6.07) is 2.89. The molecule has 1 unspecified atom stereocenters. The summed E-state index contributed by atoms with van der Waals surface area (Å²) in [5.74, 6) is 0.884. The Balaban J connectivity index is 1.69. The lowest BCUT2D eigenvalue weighted by Gasteiger charge is -2.33. The first-order valence-corrected chi connectivity index (χ1v) is 11.8. The van der Waals surface area contributed by atoms with Crippen molar-refractivity contribution in [3.8, 4) is 11.5 Å². The smallest absolute Gasteiger partial charge is 0.238 e. The van der Waals surface area contributed by atoms with Crippen LogP contribution < -0.4 is 14.8 Å². The van der Waals surface area contributed by atoms with E-state index in [1.807, 2.05) is 6.92 Å². The molecule has 0 aliphatic carbocycles. The van der Waals surface area contributed by atoms with Crippen LogP contribution in [0.2, 0.25) is 5.02 Å². The van der Waals surface area contributed by atoms with Crippen molar-refractivity contribution in [3.63, 3.8) is 0 Å². The molecular weight excluding hydrogens is 404 g/mol. The minimum Gasteiger partial charge on any atom is -0.489 e. The van der Waals surface area contributed by atoms with Gasteiger partial charge in [0.25, 0.3) is 0 Å². The summed E-state index contributed by atoms with van der Waals surface area (Å²) in [6.07, 6.45) is 3.47. The SMILES string of the molecule is CCCS(=O)(=O)N1CCCCC1C(=O)NCc1cc(Cl)c2c(c1)OCCCO2. The van der Waals surface area contributed by atoms with Gasteiger partial charge in [-0.15, -0.1) is 0 Å². The second-order valence-electron chi connectivity index (χ2n) is 7.11. The molecule has 1 saturated heterocycles. The van der Waals surface area contributed by atoms with E-state index in [0.29, 0.717) is 49.1 Å². The van der Waals surface area contributed by atoms with Crippen molar-refractivity contribution in [2.45, 2.75) is 51.6 Å². The van der Waals surface area contributed by atoms with Gasteiger partial charge in [0.15, 0.2) is 11.5 Å². The fourth-order valence-corrected chi connectivity index (χ4v) is 5.60. The largest absolute Gasteiger partial charge is 0.489 e. The standard InChI is InChI=1S/C19H27ClN2O5S/c1-2-10-28(24,25)22-7-4-3-6-16(22)19(23)21-13-14-11-15(20)18-17(12-14)26-8-5-9-27-18/h11-12,16H,2-10,13H2,1H3,(H,21,23). The van der Waals surface area contributed by atoms with Crippen molar-refractivity contribution in [2.24, 2.45) is 0 Å². The number of nitrogens with one attached hydrogen (secondary N) is 1. The van der Waals surface area contributed by atoms with Crippen LogP contribution >= 0.6 is 11.6 Å². The zero-order valence-corrected chi connectivity index (χ0v) is 17.7. The molecule has 1 aromatic rings. The van der Waals surface area contributed by atoms with E-state index in [1.165, 1.54) is 4.31 Å². The molecule has 28 heavy (non-hydrogen) atoms. The molecule has 1 amide bonds. The molecule has 1 aromatic carbocycles. The van der Waals surface area contributed by atoms with Crippen LogP contribution in [-0.2, 0) is 21.4 Å². The topological polar surface area (TPSA) is 84.9 Å². The van der Waals surface area contributed by atoms with Crippen molar-refractivity contribution >= 4 is 27.5 Å². The summed E-state index contributed by atoms with van der Waals surface area (Å²) in [7, 11) is -3.42. The van der Waals surface area contributed by atoms with Crippen molar-refractivity contribution in [1.29, 1.82) is 0 Å². The van der Waals surface area contributed by atoms with Gasteiger partial charge >= 0.3 is 0 Å². The number of carbonyl (C=O) groups is 1. The maximum atomic E-state index is 12.8. The Kier molecular flexibility index (Phi) is 7.06. The minimum atomic E-state index is -3.42. The molecule has 3 rings (SSSR count). The van der Waals surface area contributed by atoms with E-state index in [9.17, 15) is 13.2 Å². The number of ether oxygens (including phenoxy) is 2. The molecule has 0 aromatic heterocycles. The highest BCUT2D eigenvalue weighted by Gasteiger charge is 2.36. The number of nitrogens with zero attached hydrogens (tertiary/aromatic N) is 1. The van der Waals surface area contributed by atoms with E-state index in [-0.39, 0.29) is 18.2 Å². The maximum absolute atomic E-state index is 12.8. The molecule has 1 N–H and O–H groups in total. The normalized spacial score (nSPS) is 20.4. The number of piperidine rings is 1. The van der Waals surface area contributed by atoms with E-state index < -0.39 is 16.1 Å². The third-order valence-corrected chi connectivity index (χ3v) is 7.26. The Morgan fingerprint density at radius 1 is 1.25 bits per heavy atom. The number of amides is 1. The van der Waals surface area contributed by atoms with Crippen LogP contribution in [0.4, 0.5) is 0 Å². The lowest BCUT2D eigenvalue weighted by Crippen LogP contribution is -2.52. The van der Waals surface area contributed by atoms with Crippen LogP contribution in [0.5, 0.6) is 11.5 Å². The molecule has 156 valence electrons. The first-order valence-electron chi connectivity index (χ1n) is 9.77. The number of carbonyl (C=O) groups excluding carboxylic acids is 1. The zero-order chi connectivity index (χ0) is 20.1. The first-order chi connectivity index (χ1) is 13.4. The Hall–Kier alpha value is -1.51. The summed E-state index contributed by atoms with van der Waals surface area (Å²) < 4.78 is 37.7. The number of halogens is 1. The van der Waals surface area contributed by atoms with Gasteiger partial charge in [-0.1, -0.05) is 24.9 Å². The third kappa shape index (κ3) is 4.90. The average Bonchev–Trinajstić information content (AvgIpc) is 2.92. The van der Waals surface area contributed by atoms with Gasteiger partial charge in [0, 0.05) is 19.5 Å². The molecule has 7 nitrogen and oxygen atoms in total. The summed E-state index contributed by atoms with van der Waals surface area (Å²) in [5, 5.41) is 3.30. The summed E-state index contributed by atoms with van der Waals surface area (Å²) in [6.45, 7) is 3.56. The molecule has 2 aliphatic heterocycles. The maximum Gasteiger partial charge on any atom is 0.238 e. The van der Waals surface area contributed by atoms with E-state index in [0.717, 1.165) is 24.8 Å². The first kappa shape index (κ1) is 21.2. The minimum absolute atomic E-state index is 0.0640. The third-order valence-electron chi connectivity index (χ3n) is 4.90. The number of sulfonamides is 1. The molecule has 0 radical (unpaired) electrons. The van der Waals surface area contributed by atoms with Crippen LogP contribution in [0.25, 0.3) is 0 Å². The van der Waals surface area contributed by atoms with Crippen LogP contribution in [0, 0.1) is 0 Å². The van der Waals surface area contributed by atoms with Crippen LogP contribution in [0.1, 0.15) is 44.6 Å². The van der Waals surface area contributed by atoms with Gasteiger partial charge in [-0.05, 0) is 37.0 Å². The highest BCUT2D eigenvalue weighted by molar-refractivity contribution is 7.89. The van der Waals surface area contributed by atoms with Gasteiger partial charge in [0.2, 0.25) is 15.9 Å². The van der Waals surface area contributed by atoms with Gasteiger partial charge in [-0.25, -0.2) is 8.42 Å². The second kappa shape index (κ2) is 9.33. The van der Waals surface area contributed by atoms with Crippen molar-refractivity contribution in [3.05, 3.63) is 22.7 Å². The average molecular weight is 431 g/mol. The monoisotopic (exact) mass is 430 g/mol. The Morgan fingerprint density at radius 2 is 2.04 bits per heavy atom.